The van der Waals surface area contributed by atoms with Crippen molar-refractivity contribution in [3.8, 4) is 0 Å². The fourth-order valence-electron chi connectivity index (χ4n) is 4.96. The molecule has 1 aliphatic carbocycles. The number of anilines is 1. The van der Waals surface area contributed by atoms with E-state index in [1.54, 1.807) is 36.4 Å². The molecule has 37 heavy (non-hydrogen) atoms. The molecule has 1 aliphatic heterocycles. The third-order valence-corrected chi connectivity index (χ3v) is 6.72. The molecule has 0 amide bonds. The van der Waals surface area contributed by atoms with E-state index in [1.807, 2.05) is 11.1 Å². The van der Waals surface area contributed by atoms with E-state index in [-0.39, 0.29) is 29.0 Å². The molecule has 2 atom stereocenters. The number of nitro groups is 3. The van der Waals surface area contributed by atoms with Crippen LogP contribution in [0, 0.1) is 36.3 Å². The van der Waals surface area contributed by atoms with Gasteiger partial charge in [-0.15, -0.1) is 0 Å². The van der Waals surface area contributed by atoms with Gasteiger partial charge in [0.2, 0.25) is 0 Å². The number of rotatable bonds is 6. The van der Waals surface area contributed by atoms with Gasteiger partial charge in [-0.3, -0.25) is 35.4 Å². The Balaban J connectivity index is 1.56. The van der Waals surface area contributed by atoms with Crippen molar-refractivity contribution in [1.29, 1.82) is 0 Å². The van der Waals surface area contributed by atoms with E-state index in [0.29, 0.717) is 5.69 Å². The van der Waals surface area contributed by atoms with Crippen LogP contribution in [0.25, 0.3) is 6.08 Å². The molecule has 2 aliphatic rings. The number of fused-ring (bicyclic) bond motifs is 1. The third kappa shape index (κ3) is 4.66. The minimum Gasteiger partial charge on any atom is -0.258 e. The van der Waals surface area contributed by atoms with E-state index in [1.165, 1.54) is 36.4 Å². The minimum atomic E-state index is -0.460. The van der Waals surface area contributed by atoms with Crippen LogP contribution in [0.3, 0.4) is 0 Å². The smallest absolute Gasteiger partial charge is 0.258 e. The summed E-state index contributed by atoms with van der Waals surface area (Å²) in [6.45, 7) is 0. The topological polar surface area (TPSA) is 145 Å². The fraction of sp³-hybridized carbons (Fsp3) is 0.192. The summed E-state index contributed by atoms with van der Waals surface area (Å²) in [4.78, 5) is 32.0. The molecule has 186 valence electrons. The number of non-ortho nitro benzene ring substituents is 3. The second-order valence-electron chi connectivity index (χ2n) is 8.91. The van der Waals surface area contributed by atoms with E-state index in [0.717, 1.165) is 41.7 Å². The summed E-state index contributed by atoms with van der Waals surface area (Å²) in [6.07, 6.45) is 4.52. The summed E-state index contributed by atoms with van der Waals surface area (Å²) in [7, 11) is 0. The van der Waals surface area contributed by atoms with Gasteiger partial charge in [0.25, 0.3) is 17.1 Å². The number of nitrogens with zero attached hydrogens (tertiary/aromatic N) is 5. The summed E-state index contributed by atoms with van der Waals surface area (Å²) in [5, 5.41) is 40.1. The standard InChI is InChI=1S/C26H21N5O6/c32-29(33)21-8-4-17(5-9-21)16-19-2-1-3-24-25(19)27-28(20-12-14-23(15-13-20)31(36)37)26(24)18-6-10-22(11-7-18)30(34)35/h4-16,24,26H,1-3H2. The van der Waals surface area contributed by atoms with Crippen molar-refractivity contribution in [2.24, 2.45) is 11.0 Å². The first-order valence-corrected chi connectivity index (χ1v) is 11.6. The van der Waals surface area contributed by atoms with E-state index in [4.69, 9.17) is 5.10 Å². The van der Waals surface area contributed by atoms with Crippen molar-refractivity contribution < 1.29 is 14.8 Å². The number of hydrazone groups is 1. The van der Waals surface area contributed by atoms with Crippen molar-refractivity contribution in [3.05, 3.63) is 120 Å². The minimum absolute atomic E-state index is 0.00491. The highest BCUT2D eigenvalue weighted by atomic mass is 16.6. The Labute approximate surface area is 210 Å². The number of allylic oxidation sites excluding steroid dienone is 1. The van der Waals surface area contributed by atoms with Crippen LogP contribution in [0.4, 0.5) is 22.7 Å². The highest BCUT2D eigenvalue weighted by Gasteiger charge is 2.42. The molecule has 0 spiro atoms. The van der Waals surface area contributed by atoms with Gasteiger partial charge in [-0.1, -0.05) is 12.1 Å². The largest absolute Gasteiger partial charge is 0.269 e. The van der Waals surface area contributed by atoms with E-state index < -0.39 is 14.8 Å². The van der Waals surface area contributed by atoms with Crippen molar-refractivity contribution in [1.82, 2.24) is 0 Å². The Kier molecular flexibility index (Phi) is 6.18. The summed E-state index contributed by atoms with van der Waals surface area (Å²) >= 11 is 0. The van der Waals surface area contributed by atoms with Crippen LogP contribution in [-0.4, -0.2) is 20.5 Å². The molecule has 3 aromatic carbocycles. The lowest BCUT2D eigenvalue weighted by Gasteiger charge is -2.30. The van der Waals surface area contributed by atoms with Gasteiger partial charge >= 0.3 is 0 Å². The van der Waals surface area contributed by atoms with Gasteiger partial charge in [0.15, 0.2) is 0 Å². The van der Waals surface area contributed by atoms with Gasteiger partial charge in [0.1, 0.15) is 0 Å². The van der Waals surface area contributed by atoms with Crippen LogP contribution in [0.5, 0.6) is 0 Å². The average Bonchev–Trinajstić information content (AvgIpc) is 3.30. The van der Waals surface area contributed by atoms with Crippen LogP contribution in [0.15, 0.2) is 83.5 Å². The lowest BCUT2D eigenvalue weighted by atomic mass is 9.77. The molecule has 11 heteroatoms. The Morgan fingerprint density at radius 2 is 1.27 bits per heavy atom. The lowest BCUT2D eigenvalue weighted by Crippen LogP contribution is -2.28. The molecule has 2 unspecified atom stereocenters. The quantitative estimate of drug-likeness (QED) is 0.289. The van der Waals surface area contributed by atoms with Gasteiger partial charge < -0.3 is 0 Å². The highest BCUT2D eigenvalue weighted by molar-refractivity contribution is 6.08. The normalized spacial score (nSPS) is 19.8. The Morgan fingerprint density at radius 3 is 1.81 bits per heavy atom. The maximum absolute atomic E-state index is 11.2. The van der Waals surface area contributed by atoms with Crippen LogP contribution in [0.2, 0.25) is 0 Å². The lowest BCUT2D eigenvalue weighted by molar-refractivity contribution is -0.385. The number of hydrogen-bond donors (Lipinski definition) is 0. The van der Waals surface area contributed by atoms with Crippen molar-refractivity contribution in [3.63, 3.8) is 0 Å². The summed E-state index contributed by atoms with van der Waals surface area (Å²) in [5.41, 5.74) is 4.22. The van der Waals surface area contributed by atoms with Crippen LogP contribution >= 0.6 is 0 Å². The Morgan fingerprint density at radius 1 is 0.757 bits per heavy atom. The molecule has 0 bridgehead atoms. The van der Waals surface area contributed by atoms with E-state index >= 15 is 0 Å². The first-order chi connectivity index (χ1) is 17.8. The molecule has 3 aromatic rings. The zero-order valence-electron chi connectivity index (χ0n) is 19.5. The number of nitro benzene ring substituents is 3. The van der Waals surface area contributed by atoms with Gasteiger partial charge in [0, 0.05) is 42.3 Å². The molecule has 1 saturated carbocycles. The third-order valence-electron chi connectivity index (χ3n) is 6.72. The molecular weight excluding hydrogens is 478 g/mol. The predicted molar refractivity (Wildman–Crippen MR) is 137 cm³/mol. The van der Waals surface area contributed by atoms with Gasteiger partial charge in [-0.05, 0) is 66.3 Å². The summed E-state index contributed by atoms with van der Waals surface area (Å²) in [6, 6.07) is 18.6. The molecule has 0 aromatic heterocycles. The van der Waals surface area contributed by atoms with E-state index in [2.05, 4.69) is 0 Å². The van der Waals surface area contributed by atoms with Crippen LogP contribution in [-0.2, 0) is 0 Å². The van der Waals surface area contributed by atoms with E-state index in [9.17, 15) is 30.3 Å². The zero-order valence-corrected chi connectivity index (χ0v) is 19.5. The number of benzene rings is 3. The first-order valence-electron chi connectivity index (χ1n) is 11.6. The summed E-state index contributed by atoms with van der Waals surface area (Å²) in [5.74, 6) is -0.00491. The fourth-order valence-corrected chi connectivity index (χ4v) is 4.96. The van der Waals surface area contributed by atoms with Crippen LogP contribution < -0.4 is 5.01 Å². The van der Waals surface area contributed by atoms with Crippen molar-refractivity contribution in [2.45, 2.75) is 25.3 Å². The Hall–Kier alpha value is -4.93. The SMILES string of the molecule is O=[N+]([O-])c1ccc(C=C2CCCC3C2=NN(c2ccc([N+](=O)[O-])cc2)C3c2ccc([N+](=O)[O-])cc2)cc1. The molecule has 1 heterocycles. The van der Waals surface area contributed by atoms with Crippen LogP contribution in [0.1, 0.15) is 36.4 Å². The summed E-state index contributed by atoms with van der Waals surface area (Å²) < 4.78 is 0. The van der Waals surface area contributed by atoms with Crippen molar-refractivity contribution in [2.75, 3.05) is 5.01 Å². The first kappa shape index (κ1) is 23.8. The van der Waals surface area contributed by atoms with Gasteiger partial charge in [-0.25, -0.2) is 0 Å². The Bertz CT molecular complexity index is 1430. The molecule has 0 radical (unpaired) electrons. The highest BCUT2D eigenvalue weighted by Crippen LogP contribution is 2.46. The second kappa shape index (κ2) is 9.61. The molecule has 0 N–H and O–H groups in total. The predicted octanol–water partition coefficient (Wildman–Crippen LogP) is 6.21. The van der Waals surface area contributed by atoms with Gasteiger partial charge in [0.05, 0.1) is 32.2 Å². The maximum Gasteiger partial charge on any atom is 0.269 e. The second-order valence-corrected chi connectivity index (χ2v) is 8.91. The average molecular weight is 499 g/mol. The van der Waals surface area contributed by atoms with Gasteiger partial charge in [-0.2, -0.15) is 5.10 Å². The molecule has 1 fully saturated rings. The molecular formula is C26H21N5O6. The molecule has 0 saturated heterocycles. The maximum atomic E-state index is 11.2. The zero-order chi connectivity index (χ0) is 26.1. The molecule has 5 rings (SSSR count). The van der Waals surface area contributed by atoms with Crippen molar-refractivity contribution >= 4 is 34.5 Å². The molecule has 11 nitrogen and oxygen atoms in total. The number of hydrogen-bond acceptors (Lipinski definition) is 8. The monoisotopic (exact) mass is 499 g/mol.